The average molecular weight is 377 g/mol. The second-order valence-corrected chi connectivity index (χ2v) is 6.79. The highest BCUT2D eigenvalue weighted by Crippen LogP contribution is 2.20. The lowest BCUT2D eigenvalue weighted by Gasteiger charge is -2.11. The lowest BCUT2D eigenvalue weighted by Crippen LogP contribution is -2.17. The Bertz CT molecular complexity index is 716. The van der Waals surface area contributed by atoms with Crippen molar-refractivity contribution in [2.75, 3.05) is 17.2 Å². The molecule has 2 N–H and O–H groups in total. The quantitative estimate of drug-likeness (QED) is 0.821. The van der Waals surface area contributed by atoms with Gasteiger partial charge in [0.1, 0.15) is 17.3 Å². The zero-order valence-electron chi connectivity index (χ0n) is 13.8. The van der Waals surface area contributed by atoms with Crippen LogP contribution in [-0.2, 0) is 0 Å². The van der Waals surface area contributed by atoms with E-state index in [1.54, 1.807) is 13.0 Å². The monoisotopic (exact) mass is 376 g/mol. The van der Waals surface area contributed by atoms with Gasteiger partial charge in [-0.05, 0) is 43.5 Å². The van der Waals surface area contributed by atoms with Crippen LogP contribution >= 0.6 is 15.9 Å². The third kappa shape index (κ3) is 5.03. The summed E-state index contributed by atoms with van der Waals surface area (Å²) >= 11 is 3.41. The van der Waals surface area contributed by atoms with Crippen molar-refractivity contribution < 1.29 is 4.79 Å². The van der Waals surface area contributed by atoms with Crippen molar-refractivity contribution in [1.82, 2.24) is 9.97 Å². The maximum Gasteiger partial charge on any atom is 0.274 e. The van der Waals surface area contributed by atoms with E-state index in [0.717, 1.165) is 22.3 Å². The van der Waals surface area contributed by atoms with Gasteiger partial charge in [0.25, 0.3) is 5.91 Å². The van der Waals surface area contributed by atoms with Gasteiger partial charge < -0.3 is 10.6 Å². The maximum atomic E-state index is 12.5. The van der Waals surface area contributed by atoms with Gasteiger partial charge in [-0.15, -0.1) is 0 Å². The molecule has 0 bridgehead atoms. The van der Waals surface area contributed by atoms with Gasteiger partial charge in [-0.2, -0.15) is 0 Å². The summed E-state index contributed by atoms with van der Waals surface area (Å²) in [5.74, 6) is 1.49. The molecule has 0 atom stereocenters. The molecule has 6 heteroatoms. The van der Waals surface area contributed by atoms with Crippen molar-refractivity contribution in [3.8, 4) is 0 Å². The Kier molecular flexibility index (Phi) is 5.71. The largest absolute Gasteiger partial charge is 0.370 e. The van der Waals surface area contributed by atoms with Crippen LogP contribution in [0.4, 0.5) is 11.5 Å². The molecule has 2 rings (SSSR count). The number of hydrogen-bond acceptors (Lipinski definition) is 4. The Morgan fingerprint density at radius 3 is 2.61 bits per heavy atom. The fourth-order valence-electron chi connectivity index (χ4n) is 2.04. The van der Waals surface area contributed by atoms with Crippen molar-refractivity contribution in [3.63, 3.8) is 0 Å². The molecule has 0 saturated heterocycles. The van der Waals surface area contributed by atoms with Crippen LogP contribution in [0.5, 0.6) is 0 Å². The number of rotatable bonds is 5. The van der Waals surface area contributed by atoms with E-state index in [0.29, 0.717) is 23.3 Å². The highest BCUT2D eigenvalue weighted by molar-refractivity contribution is 9.10. The van der Waals surface area contributed by atoms with Crippen LogP contribution in [0.1, 0.15) is 35.7 Å². The number of amides is 1. The minimum Gasteiger partial charge on any atom is -0.370 e. The number of nitrogens with one attached hydrogen (secondary N) is 2. The number of nitrogens with zero attached hydrogens (tertiary/aromatic N) is 2. The molecule has 0 saturated carbocycles. The maximum absolute atomic E-state index is 12.5. The van der Waals surface area contributed by atoms with Gasteiger partial charge in [0.2, 0.25) is 0 Å². The SMILES string of the molecule is Cc1nc(NCC(C)C)cc(C(=O)Nc2ccc(Br)cc2C)n1. The highest BCUT2D eigenvalue weighted by atomic mass is 79.9. The molecular formula is C17H21BrN4O. The molecule has 122 valence electrons. The van der Waals surface area contributed by atoms with Crippen molar-refractivity contribution in [2.45, 2.75) is 27.7 Å². The van der Waals surface area contributed by atoms with E-state index in [-0.39, 0.29) is 5.91 Å². The van der Waals surface area contributed by atoms with Crippen molar-refractivity contribution >= 4 is 33.3 Å². The normalized spacial score (nSPS) is 10.7. The van der Waals surface area contributed by atoms with E-state index in [1.807, 2.05) is 25.1 Å². The first-order chi connectivity index (χ1) is 10.8. The minimum absolute atomic E-state index is 0.242. The Labute approximate surface area is 145 Å². The number of halogens is 1. The van der Waals surface area contributed by atoms with Crippen LogP contribution in [0.2, 0.25) is 0 Å². The lowest BCUT2D eigenvalue weighted by atomic mass is 10.2. The molecule has 23 heavy (non-hydrogen) atoms. The van der Waals surface area contributed by atoms with Gasteiger partial charge in [-0.25, -0.2) is 9.97 Å². The van der Waals surface area contributed by atoms with Crippen LogP contribution in [0.25, 0.3) is 0 Å². The molecule has 5 nitrogen and oxygen atoms in total. The number of aryl methyl sites for hydroxylation is 2. The summed E-state index contributed by atoms with van der Waals surface area (Å²) in [6.45, 7) is 8.75. The molecule has 0 aliphatic rings. The fourth-order valence-corrected chi connectivity index (χ4v) is 2.51. The van der Waals surface area contributed by atoms with Gasteiger partial charge in [-0.3, -0.25) is 4.79 Å². The molecule has 0 aliphatic carbocycles. The summed E-state index contributed by atoms with van der Waals surface area (Å²) < 4.78 is 0.978. The number of aromatic nitrogens is 2. The Morgan fingerprint density at radius 1 is 1.22 bits per heavy atom. The van der Waals surface area contributed by atoms with Gasteiger partial charge in [0, 0.05) is 22.8 Å². The molecule has 2 aromatic rings. The molecule has 0 radical (unpaired) electrons. The first-order valence-electron chi connectivity index (χ1n) is 7.52. The van der Waals surface area contributed by atoms with Crippen molar-refractivity contribution in [1.29, 1.82) is 0 Å². The average Bonchev–Trinajstić information content (AvgIpc) is 2.47. The number of carbonyl (C=O) groups is 1. The summed E-state index contributed by atoms with van der Waals surface area (Å²) in [5, 5.41) is 6.12. The van der Waals surface area contributed by atoms with Crippen LogP contribution in [0, 0.1) is 19.8 Å². The predicted molar refractivity (Wildman–Crippen MR) is 96.9 cm³/mol. The van der Waals surface area contributed by atoms with Crippen LogP contribution in [0.15, 0.2) is 28.7 Å². The van der Waals surface area contributed by atoms with Gasteiger partial charge in [-0.1, -0.05) is 29.8 Å². The molecule has 0 unspecified atom stereocenters. The molecule has 0 aliphatic heterocycles. The third-order valence-corrected chi connectivity index (χ3v) is 3.69. The number of carbonyl (C=O) groups excluding carboxylic acids is 1. The number of benzene rings is 1. The molecular weight excluding hydrogens is 356 g/mol. The van der Waals surface area contributed by atoms with Gasteiger partial charge >= 0.3 is 0 Å². The van der Waals surface area contributed by atoms with E-state index in [2.05, 4.69) is 50.4 Å². The molecule has 1 aromatic heterocycles. The summed E-state index contributed by atoms with van der Waals surface area (Å²) in [6, 6.07) is 7.39. The van der Waals surface area contributed by atoms with Crippen molar-refractivity contribution in [3.05, 3.63) is 45.8 Å². The van der Waals surface area contributed by atoms with E-state index in [4.69, 9.17) is 0 Å². The molecule has 1 heterocycles. The molecule has 0 spiro atoms. The topological polar surface area (TPSA) is 66.9 Å². The second kappa shape index (κ2) is 7.55. The van der Waals surface area contributed by atoms with E-state index in [1.165, 1.54) is 0 Å². The van der Waals surface area contributed by atoms with E-state index >= 15 is 0 Å². The summed E-state index contributed by atoms with van der Waals surface area (Å²) in [5.41, 5.74) is 2.11. The smallest absolute Gasteiger partial charge is 0.274 e. The lowest BCUT2D eigenvalue weighted by molar-refractivity contribution is 0.102. The number of hydrogen-bond donors (Lipinski definition) is 2. The van der Waals surface area contributed by atoms with E-state index in [9.17, 15) is 4.79 Å². The number of anilines is 2. The van der Waals surface area contributed by atoms with Gasteiger partial charge in [0.05, 0.1) is 0 Å². The molecule has 0 fully saturated rings. The third-order valence-electron chi connectivity index (χ3n) is 3.20. The van der Waals surface area contributed by atoms with Crippen LogP contribution in [0.3, 0.4) is 0 Å². The first-order valence-corrected chi connectivity index (χ1v) is 8.31. The fraction of sp³-hybridized carbons (Fsp3) is 0.353. The zero-order chi connectivity index (χ0) is 17.0. The summed E-state index contributed by atoms with van der Waals surface area (Å²) in [4.78, 5) is 21.0. The Balaban J connectivity index is 2.18. The Morgan fingerprint density at radius 2 is 1.96 bits per heavy atom. The first kappa shape index (κ1) is 17.4. The van der Waals surface area contributed by atoms with Crippen LogP contribution < -0.4 is 10.6 Å². The van der Waals surface area contributed by atoms with Crippen LogP contribution in [-0.4, -0.2) is 22.4 Å². The van der Waals surface area contributed by atoms with Gasteiger partial charge in [0.15, 0.2) is 0 Å². The summed E-state index contributed by atoms with van der Waals surface area (Å²) in [6.07, 6.45) is 0. The highest BCUT2D eigenvalue weighted by Gasteiger charge is 2.12. The minimum atomic E-state index is -0.242. The second-order valence-electron chi connectivity index (χ2n) is 5.87. The zero-order valence-corrected chi connectivity index (χ0v) is 15.4. The molecule has 1 aromatic carbocycles. The molecule has 1 amide bonds. The predicted octanol–water partition coefficient (Wildman–Crippen LogP) is 4.18. The summed E-state index contributed by atoms with van der Waals surface area (Å²) in [7, 11) is 0. The standard InChI is InChI=1S/C17H21BrN4O/c1-10(2)9-19-16-8-15(20-12(4)21-16)17(23)22-14-6-5-13(18)7-11(14)3/h5-8,10H,9H2,1-4H3,(H,22,23)(H,19,20,21). The van der Waals surface area contributed by atoms with E-state index < -0.39 is 0 Å². The van der Waals surface area contributed by atoms with Crippen molar-refractivity contribution in [2.24, 2.45) is 5.92 Å². The Hall–Kier alpha value is -1.95.